The number of nitrogens with one attached hydrogen (secondary N) is 2. The second kappa shape index (κ2) is 6.54. The lowest BCUT2D eigenvalue weighted by molar-refractivity contribution is -0.138. The van der Waals surface area contributed by atoms with Gasteiger partial charge >= 0.3 is 11.7 Å². The van der Waals surface area contributed by atoms with Gasteiger partial charge in [0.1, 0.15) is 6.04 Å². The zero-order valence-electron chi connectivity index (χ0n) is 12.8. The van der Waals surface area contributed by atoms with E-state index in [-0.39, 0.29) is 16.9 Å². The van der Waals surface area contributed by atoms with Crippen LogP contribution in [0.5, 0.6) is 0 Å². The SMILES string of the molecule is O=C(O)[C@H](Cc1ccccc1)NS(=O)(=O)c1ccc2[nH]c(=O)oc2c1. The highest BCUT2D eigenvalue weighted by atomic mass is 32.2. The Hall–Kier alpha value is -2.91. The molecule has 3 aromatic rings. The summed E-state index contributed by atoms with van der Waals surface area (Å²) in [6.45, 7) is 0. The van der Waals surface area contributed by atoms with Gasteiger partial charge in [0.05, 0.1) is 10.4 Å². The summed E-state index contributed by atoms with van der Waals surface area (Å²) in [5, 5.41) is 9.33. The van der Waals surface area contributed by atoms with Crippen LogP contribution in [0.3, 0.4) is 0 Å². The highest BCUT2D eigenvalue weighted by Gasteiger charge is 2.26. The molecule has 2 aromatic carbocycles. The lowest BCUT2D eigenvalue weighted by Gasteiger charge is -2.15. The summed E-state index contributed by atoms with van der Waals surface area (Å²) in [5.41, 5.74) is 1.11. The van der Waals surface area contributed by atoms with Crippen LogP contribution in [0.4, 0.5) is 0 Å². The Labute approximate surface area is 142 Å². The summed E-state index contributed by atoms with van der Waals surface area (Å²) in [4.78, 5) is 24.8. The van der Waals surface area contributed by atoms with Crippen molar-refractivity contribution in [3.63, 3.8) is 0 Å². The number of H-pyrrole nitrogens is 1. The monoisotopic (exact) mass is 362 g/mol. The first kappa shape index (κ1) is 16.9. The van der Waals surface area contributed by atoms with Crippen molar-refractivity contribution >= 4 is 27.1 Å². The van der Waals surface area contributed by atoms with E-state index in [0.29, 0.717) is 11.1 Å². The number of aromatic amines is 1. The third-order valence-corrected chi connectivity index (χ3v) is 5.05. The fourth-order valence-electron chi connectivity index (χ4n) is 2.38. The van der Waals surface area contributed by atoms with Crippen LogP contribution in [-0.4, -0.2) is 30.5 Å². The van der Waals surface area contributed by atoms with E-state index < -0.39 is 27.8 Å². The summed E-state index contributed by atoms with van der Waals surface area (Å²) >= 11 is 0. The summed E-state index contributed by atoms with van der Waals surface area (Å²) in [6, 6.07) is 11.2. The average Bonchev–Trinajstić information content (AvgIpc) is 2.94. The molecule has 1 atom stereocenters. The molecule has 0 fully saturated rings. The molecular weight excluding hydrogens is 348 g/mol. The van der Waals surface area contributed by atoms with Crippen LogP contribution < -0.4 is 10.5 Å². The second-order valence-electron chi connectivity index (χ2n) is 5.37. The number of rotatable bonds is 6. The minimum Gasteiger partial charge on any atom is -0.480 e. The minimum absolute atomic E-state index is 0.00309. The number of sulfonamides is 1. The molecule has 3 rings (SSSR count). The molecule has 8 nitrogen and oxygen atoms in total. The molecule has 25 heavy (non-hydrogen) atoms. The molecule has 0 unspecified atom stereocenters. The maximum atomic E-state index is 12.5. The quantitative estimate of drug-likeness (QED) is 0.602. The summed E-state index contributed by atoms with van der Waals surface area (Å²) in [6.07, 6.45) is -0.00309. The van der Waals surface area contributed by atoms with E-state index in [9.17, 15) is 23.1 Å². The van der Waals surface area contributed by atoms with E-state index in [2.05, 4.69) is 9.71 Å². The van der Waals surface area contributed by atoms with Gasteiger partial charge < -0.3 is 9.52 Å². The molecule has 0 saturated heterocycles. The van der Waals surface area contributed by atoms with Gasteiger partial charge in [-0.2, -0.15) is 4.72 Å². The molecule has 0 saturated carbocycles. The number of carboxylic acid groups (broad SMARTS) is 1. The number of aliphatic carboxylic acids is 1. The molecule has 0 bridgehead atoms. The molecule has 0 aliphatic carbocycles. The Kier molecular flexibility index (Phi) is 4.43. The van der Waals surface area contributed by atoms with E-state index in [0.717, 1.165) is 6.07 Å². The fourth-order valence-corrected chi connectivity index (χ4v) is 3.58. The third-order valence-electron chi connectivity index (χ3n) is 3.58. The zero-order chi connectivity index (χ0) is 18.0. The number of oxazole rings is 1. The van der Waals surface area contributed by atoms with Crippen LogP contribution in [0, 0.1) is 0 Å². The standard InChI is InChI=1S/C16H14N2O6S/c19-15(20)13(8-10-4-2-1-3-5-10)18-25(22,23)11-6-7-12-14(9-11)24-16(21)17-12/h1-7,9,13,18H,8H2,(H,17,21)(H,19,20)/t13-/m0/s1. The number of hydrogen-bond acceptors (Lipinski definition) is 5. The van der Waals surface area contributed by atoms with Gasteiger partial charge in [0.15, 0.2) is 5.58 Å². The van der Waals surface area contributed by atoms with Gasteiger partial charge in [0, 0.05) is 6.07 Å². The molecule has 3 N–H and O–H groups in total. The highest BCUT2D eigenvalue weighted by molar-refractivity contribution is 7.89. The van der Waals surface area contributed by atoms with Crippen molar-refractivity contribution in [2.75, 3.05) is 0 Å². The number of benzene rings is 2. The Morgan fingerprint density at radius 2 is 1.92 bits per heavy atom. The van der Waals surface area contributed by atoms with E-state index in [1.54, 1.807) is 30.3 Å². The van der Waals surface area contributed by atoms with Crippen LogP contribution in [-0.2, 0) is 21.2 Å². The zero-order valence-corrected chi connectivity index (χ0v) is 13.6. The Morgan fingerprint density at radius 3 is 2.60 bits per heavy atom. The number of carbonyl (C=O) groups is 1. The predicted molar refractivity (Wildman–Crippen MR) is 88.7 cm³/mol. The molecule has 0 radical (unpaired) electrons. The highest BCUT2D eigenvalue weighted by Crippen LogP contribution is 2.17. The number of hydrogen-bond donors (Lipinski definition) is 3. The van der Waals surface area contributed by atoms with E-state index in [1.807, 2.05) is 0 Å². The second-order valence-corrected chi connectivity index (χ2v) is 7.09. The van der Waals surface area contributed by atoms with Gasteiger partial charge in [-0.15, -0.1) is 0 Å². The fraction of sp³-hybridized carbons (Fsp3) is 0.125. The smallest absolute Gasteiger partial charge is 0.417 e. The lowest BCUT2D eigenvalue weighted by Crippen LogP contribution is -2.42. The van der Waals surface area contributed by atoms with Crippen molar-refractivity contribution in [3.05, 3.63) is 64.6 Å². The lowest BCUT2D eigenvalue weighted by atomic mass is 10.1. The average molecular weight is 362 g/mol. The van der Waals surface area contributed by atoms with Crippen molar-refractivity contribution in [2.45, 2.75) is 17.4 Å². The van der Waals surface area contributed by atoms with Gasteiger partial charge in [0.25, 0.3) is 0 Å². The number of fused-ring (bicyclic) bond motifs is 1. The third kappa shape index (κ3) is 3.78. The first-order valence-corrected chi connectivity index (χ1v) is 8.75. The van der Waals surface area contributed by atoms with Gasteiger partial charge in [-0.05, 0) is 24.1 Å². The predicted octanol–water partition coefficient (Wildman–Crippen LogP) is 1.10. The summed E-state index contributed by atoms with van der Waals surface area (Å²) in [5.74, 6) is -1.99. The van der Waals surface area contributed by atoms with Crippen LogP contribution in [0.1, 0.15) is 5.56 Å². The van der Waals surface area contributed by atoms with Crippen LogP contribution in [0.2, 0.25) is 0 Å². The summed E-state index contributed by atoms with van der Waals surface area (Å²) < 4.78 is 32.0. The molecular formula is C16H14N2O6S. The van der Waals surface area contributed by atoms with Crippen LogP contribution in [0.25, 0.3) is 11.1 Å². The van der Waals surface area contributed by atoms with Gasteiger partial charge in [0.2, 0.25) is 10.0 Å². The minimum atomic E-state index is -4.11. The Morgan fingerprint density at radius 1 is 1.20 bits per heavy atom. The molecule has 0 amide bonds. The van der Waals surface area contributed by atoms with Crippen LogP contribution in [0.15, 0.2) is 62.6 Å². The first-order chi connectivity index (χ1) is 11.8. The van der Waals surface area contributed by atoms with E-state index >= 15 is 0 Å². The number of aromatic nitrogens is 1. The van der Waals surface area contributed by atoms with Crippen molar-refractivity contribution < 1.29 is 22.7 Å². The van der Waals surface area contributed by atoms with Crippen molar-refractivity contribution in [1.82, 2.24) is 9.71 Å². The normalized spacial score (nSPS) is 13.0. The molecule has 1 heterocycles. The summed E-state index contributed by atoms with van der Waals surface area (Å²) in [7, 11) is -4.11. The van der Waals surface area contributed by atoms with Crippen molar-refractivity contribution in [1.29, 1.82) is 0 Å². The molecule has 0 aliphatic heterocycles. The Balaban J connectivity index is 1.88. The van der Waals surface area contributed by atoms with E-state index in [4.69, 9.17) is 4.42 Å². The van der Waals surface area contributed by atoms with Gasteiger partial charge in [-0.1, -0.05) is 30.3 Å². The Bertz CT molecular complexity index is 1070. The maximum Gasteiger partial charge on any atom is 0.417 e. The van der Waals surface area contributed by atoms with Gasteiger partial charge in [-0.3, -0.25) is 9.78 Å². The van der Waals surface area contributed by atoms with Gasteiger partial charge in [-0.25, -0.2) is 13.2 Å². The van der Waals surface area contributed by atoms with E-state index in [1.165, 1.54) is 12.1 Å². The topological polar surface area (TPSA) is 129 Å². The van der Waals surface area contributed by atoms with Crippen molar-refractivity contribution in [3.8, 4) is 0 Å². The molecule has 0 spiro atoms. The number of carboxylic acids is 1. The molecule has 130 valence electrons. The van der Waals surface area contributed by atoms with Crippen LogP contribution >= 0.6 is 0 Å². The molecule has 0 aliphatic rings. The molecule has 9 heteroatoms. The van der Waals surface area contributed by atoms with Crippen molar-refractivity contribution in [2.24, 2.45) is 0 Å². The first-order valence-electron chi connectivity index (χ1n) is 7.27. The maximum absolute atomic E-state index is 12.5. The molecule has 1 aromatic heterocycles. The largest absolute Gasteiger partial charge is 0.480 e.